The largest absolute Gasteiger partial charge is 0.497 e. The quantitative estimate of drug-likeness (QED) is 0.605. The normalized spacial score (nSPS) is 13.3. The van der Waals surface area contributed by atoms with Crippen molar-refractivity contribution in [2.45, 2.75) is 0 Å². The van der Waals surface area contributed by atoms with Crippen LogP contribution < -0.4 is 14.4 Å². The number of benzene rings is 1. The van der Waals surface area contributed by atoms with E-state index in [2.05, 4.69) is 20.9 Å². The molecule has 0 radical (unpaired) electrons. The molecule has 23 heavy (non-hydrogen) atoms. The summed E-state index contributed by atoms with van der Waals surface area (Å²) in [6.07, 6.45) is 0. The maximum atomic E-state index is 12.5. The number of hydrogen-bond acceptors (Lipinski definition) is 5. The van der Waals surface area contributed by atoms with Gasteiger partial charge in [-0.15, -0.1) is 0 Å². The summed E-state index contributed by atoms with van der Waals surface area (Å²) in [6, 6.07) is 10.2. The van der Waals surface area contributed by atoms with Gasteiger partial charge in [0.25, 0.3) is 5.91 Å². The van der Waals surface area contributed by atoms with Crippen LogP contribution in [0.1, 0.15) is 10.4 Å². The van der Waals surface area contributed by atoms with Crippen LogP contribution >= 0.6 is 15.9 Å². The molecule has 118 valence electrons. The summed E-state index contributed by atoms with van der Waals surface area (Å²) >= 11 is 3.26. The Morgan fingerprint density at radius 2 is 2.22 bits per heavy atom. The minimum Gasteiger partial charge on any atom is -0.497 e. The van der Waals surface area contributed by atoms with Crippen LogP contribution in [0.3, 0.4) is 0 Å². The lowest BCUT2D eigenvalue weighted by molar-refractivity contribution is -0.121. The van der Waals surface area contributed by atoms with Crippen molar-refractivity contribution in [2.24, 2.45) is 0 Å². The second-order valence-corrected chi connectivity index (χ2v) is 5.69. The van der Waals surface area contributed by atoms with Gasteiger partial charge < -0.3 is 9.47 Å². The van der Waals surface area contributed by atoms with Crippen LogP contribution in [0.2, 0.25) is 0 Å². The molecule has 1 amide bonds. The monoisotopic (exact) mass is 376 g/mol. The maximum Gasteiger partial charge on any atom is 0.266 e. The minimum atomic E-state index is -0.306. The van der Waals surface area contributed by atoms with Gasteiger partial charge in [0.1, 0.15) is 10.4 Å². The Hall–Kier alpha value is -2.41. The fraction of sp³-hybridized carbons (Fsp3) is 0.188. The molecule has 0 atom stereocenters. The lowest BCUT2D eigenvalue weighted by Crippen LogP contribution is -2.42. The third-order valence-corrected chi connectivity index (χ3v) is 3.85. The molecule has 0 bridgehead atoms. The van der Waals surface area contributed by atoms with Crippen molar-refractivity contribution in [3.8, 4) is 11.5 Å². The van der Waals surface area contributed by atoms with E-state index in [1.54, 1.807) is 36.4 Å². The Balaban J connectivity index is 1.88. The summed E-state index contributed by atoms with van der Waals surface area (Å²) in [5.74, 6) is 0.898. The fourth-order valence-corrected chi connectivity index (χ4v) is 2.55. The van der Waals surface area contributed by atoms with Gasteiger partial charge in [-0.25, -0.2) is 4.98 Å². The number of Topliss-reactive ketones (excluding diaryl/α,β-unsaturated/α-hetero) is 1. The lowest BCUT2D eigenvalue weighted by atomic mass is 10.1. The minimum absolute atomic E-state index is 0.105. The zero-order valence-electron chi connectivity index (χ0n) is 12.3. The van der Waals surface area contributed by atoms with Gasteiger partial charge >= 0.3 is 0 Å². The molecular formula is C16H13BrN2O4. The van der Waals surface area contributed by atoms with Crippen LogP contribution in [0.5, 0.6) is 11.5 Å². The fourth-order valence-electron chi connectivity index (χ4n) is 2.25. The van der Waals surface area contributed by atoms with Crippen LogP contribution in [-0.4, -0.2) is 36.9 Å². The lowest BCUT2D eigenvalue weighted by Gasteiger charge is -2.27. The smallest absolute Gasteiger partial charge is 0.266 e. The second kappa shape index (κ2) is 6.37. The number of anilines is 1. The van der Waals surface area contributed by atoms with Gasteiger partial charge in [-0.1, -0.05) is 12.1 Å². The van der Waals surface area contributed by atoms with Crippen molar-refractivity contribution in [3.63, 3.8) is 0 Å². The molecule has 2 heterocycles. The predicted octanol–water partition coefficient (Wildman–Crippen LogP) is 2.46. The van der Waals surface area contributed by atoms with Gasteiger partial charge in [0, 0.05) is 5.56 Å². The maximum absolute atomic E-state index is 12.5. The molecule has 7 heteroatoms. The molecule has 0 saturated carbocycles. The third-order valence-electron chi connectivity index (χ3n) is 3.41. The number of halogens is 1. The SMILES string of the molecule is COc1cccc(C(=O)CN2C(=O)COc3ccc(Br)nc32)c1. The Labute approximate surface area is 141 Å². The first kappa shape index (κ1) is 15.5. The van der Waals surface area contributed by atoms with E-state index in [0.717, 1.165) is 0 Å². The molecule has 0 spiro atoms. The number of nitrogens with zero attached hydrogens (tertiary/aromatic N) is 2. The van der Waals surface area contributed by atoms with E-state index >= 15 is 0 Å². The van der Waals surface area contributed by atoms with Crippen molar-refractivity contribution < 1.29 is 19.1 Å². The first-order chi connectivity index (χ1) is 11.1. The van der Waals surface area contributed by atoms with E-state index < -0.39 is 0 Å². The molecule has 0 N–H and O–H groups in total. The Bertz CT molecular complexity index is 778. The number of rotatable bonds is 4. The van der Waals surface area contributed by atoms with Gasteiger partial charge in [-0.3, -0.25) is 14.5 Å². The molecule has 0 aliphatic carbocycles. The first-order valence-corrected chi connectivity index (χ1v) is 7.65. The van der Waals surface area contributed by atoms with Crippen molar-refractivity contribution >= 4 is 33.4 Å². The molecule has 1 aromatic heterocycles. The van der Waals surface area contributed by atoms with Gasteiger partial charge in [0.15, 0.2) is 24.0 Å². The molecule has 6 nitrogen and oxygen atoms in total. The topological polar surface area (TPSA) is 68.7 Å². The summed E-state index contributed by atoms with van der Waals surface area (Å²) < 4.78 is 11.0. The van der Waals surface area contributed by atoms with E-state index in [1.165, 1.54) is 12.0 Å². The van der Waals surface area contributed by atoms with Crippen molar-refractivity contribution in [1.29, 1.82) is 0 Å². The van der Waals surface area contributed by atoms with Crippen molar-refractivity contribution in [2.75, 3.05) is 25.2 Å². The Morgan fingerprint density at radius 3 is 3.00 bits per heavy atom. The summed E-state index contributed by atoms with van der Waals surface area (Å²) in [5.41, 5.74) is 0.472. The number of carbonyl (C=O) groups is 2. The predicted molar refractivity (Wildman–Crippen MR) is 87.1 cm³/mol. The van der Waals surface area contributed by atoms with Gasteiger partial charge in [0.05, 0.1) is 13.7 Å². The van der Waals surface area contributed by atoms with Gasteiger partial charge in [-0.2, -0.15) is 0 Å². The zero-order valence-corrected chi connectivity index (χ0v) is 13.9. The highest BCUT2D eigenvalue weighted by molar-refractivity contribution is 9.10. The summed E-state index contributed by atoms with van der Waals surface area (Å²) in [4.78, 5) is 30.2. The Kier molecular flexibility index (Phi) is 4.29. The van der Waals surface area contributed by atoms with Crippen molar-refractivity contribution in [3.05, 3.63) is 46.6 Å². The highest BCUT2D eigenvalue weighted by Gasteiger charge is 2.29. The van der Waals surface area contributed by atoms with Gasteiger partial charge in [0.2, 0.25) is 0 Å². The number of pyridine rings is 1. The molecule has 0 fully saturated rings. The highest BCUT2D eigenvalue weighted by Crippen LogP contribution is 2.31. The number of hydrogen-bond donors (Lipinski definition) is 0. The van der Waals surface area contributed by atoms with Gasteiger partial charge in [-0.05, 0) is 40.2 Å². The molecule has 0 unspecified atom stereocenters. The summed E-state index contributed by atoms with van der Waals surface area (Å²) in [6.45, 7) is -0.215. The molecule has 0 saturated heterocycles. The van der Waals surface area contributed by atoms with Crippen LogP contribution in [0, 0.1) is 0 Å². The number of fused-ring (bicyclic) bond motifs is 1. The second-order valence-electron chi connectivity index (χ2n) is 4.88. The number of carbonyl (C=O) groups excluding carboxylic acids is 2. The molecule has 1 aromatic carbocycles. The number of methoxy groups -OCH3 is 1. The molecule has 1 aliphatic rings. The number of amides is 1. The summed E-state index contributed by atoms with van der Waals surface area (Å²) in [7, 11) is 1.53. The Morgan fingerprint density at radius 1 is 1.39 bits per heavy atom. The van der Waals surface area contributed by atoms with E-state index in [-0.39, 0.29) is 24.8 Å². The standard InChI is InChI=1S/C16H13BrN2O4/c1-22-11-4-2-3-10(7-11)12(20)8-19-15(21)9-23-13-5-6-14(17)18-16(13)19/h2-7H,8-9H2,1H3. The van der Waals surface area contributed by atoms with E-state index in [1.807, 2.05) is 0 Å². The average molecular weight is 377 g/mol. The third kappa shape index (κ3) is 3.19. The molecule has 1 aliphatic heterocycles. The first-order valence-electron chi connectivity index (χ1n) is 6.85. The number of ketones is 1. The van der Waals surface area contributed by atoms with E-state index in [9.17, 15) is 9.59 Å². The molecule has 2 aromatic rings. The van der Waals surface area contributed by atoms with Crippen LogP contribution in [-0.2, 0) is 4.79 Å². The van der Waals surface area contributed by atoms with Crippen LogP contribution in [0.25, 0.3) is 0 Å². The summed E-state index contributed by atoms with van der Waals surface area (Å²) in [5, 5.41) is 0. The average Bonchev–Trinajstić information content (AvgIpc) is 2.57. The van der Waals surface area contributed by atoms with E-state index in [0.29, 0.717) is 27.5 Å². The molecular weight excluding hydrogens is 364 g/mol. The van der Waals surface area contributed by atoms with E-state index in [4.69, 9.17) is 9.47 Å². The highest BCUT2D eigenvalue weighted by atomic mass is 79.9. The number of ether oxygens (including phenoxy) is 2. The number of aromatic nitrogens is 1. The van der Waals surface area contributed by atoms with Crippen molar-refractivity contribution in [1.82, 2.24) is 4.98 Å². The van der Waals surface area contributed by atoms with Crippen LogP contribution in [0.4, 0.5) is 5.82 Å². The zero-order chi connectivity index (χ0) is 16.4. The van der Waals surface area contributed by atoms with Crippen LogP contribution in [0.15, 0.2) is 41.0 Å². The molecule has 3 rings (SSSR count).